The summed E-state index contributed by atoms with van der Waals surface area (Å²) in [6, 6.07) is 11.2. The Bertz CT molecular complexity index is 796. The highest BCUT2D eigenvalue weighted by Crippen LogP contribution is 2.27. The van der Waals surface area contributed by atoms with Crippen molar-refractivity contribution < 1.29 is 9.59 Å². The van der Waals surface area contributed by atoms with Crippen LogP contribution in [0.1, 0.15) is 53.5 Å². The van der Waals surface area contributed by atoms with Gasteiger partial charge in [0.25, 0.3) is 5.91 Å². The minimum Gasteiger partial charge on any atom is -0.352 e. The first-order valence-corrected chi connectivity index (χ1v) is 11.3. The second-order valence-electron chi connectivity index (χ2n) is 8.08. The molecule has 0 bridgehead atoms. The first kappa shape index (κ1) is 21.5. The minimum absolute atomic E-state index is 0.00336. The maximum atomic E-state index is 13.0. The van der Waals surface area contributed by atoms with Gasteiger partial charge in [-0.1, -0.05) is 37.6 Å². The number of hydrogen-bond donors (Lipinski definition) is 2. The third-order valence-corrected chi connectivity index (χ3v) is 6.45. The molecule has 2 amide bonds. The molecule has 5 nitrogen and oxygen atoms in total. The van der Waals surface area contributed by atoms with Crippen molar-refractivity contribution in [2.45, 2.75) is 45.7 Å². The summed E-state index contributed by atoms with van der Waals surface area (Å²) in [5, 5.41) is 8.11. The molecule has 1 aromatic carbocycles. The summed E-state index contributed by atoms with van der Waals surface area (Å²) in [7, 11) is 0. The molecule has 1 aliphatic heterocycles. The number of rotatable bonds is 8. The van der Waals surface area contributed by atoms with Gasteiger partial charge >= 0.3 is 0 Å². The van der Waals surface area contributed by atoms with Gasteiger partial charge in [0.2, 0.25) is 5.91 Å². The van der Waals surface area contributed by atoms with Crippen LogP contribution < -0.4 is 10.6 Å². The lowest BCUT2D eigenvalue weighted by Crippen LogP contribution is -2.51. The Morgan fingerprint density at radius 2 is 1.79 bits per heavy atom. The van der Waals surface area contributed by atoms with Gasteiger partial charge in [-0.3, -0.25) is 14.5 Å². The number of nitrogens with one attached hydrogen (secondary N) is 2. The molecule has 0 aliphatic carbocycles. The average molecular weight is 414 g/mol. The van der Waals surface area contributed by atoms with Crippen LogP contribution in [0.3, 0.4) is 0 Å². The van der Waals surface area contributed by atoms with Crippen molar-refractivity contribution in [2.24, 2.45) is 5.92 Å². The summed E-state index contributed by atoms with van der Waals surface area (Å²) in [5.41, 5.74) is 1.67. The highest BCUT2D eigenvalue weighted by molar-refractivity contribution is 7.10. The zero-order valence-electron chi connectivity index (χ0n) is 17.5. The number of aryl methyl sites for hydroxylation is 1. The van der Waals surface area contributed by atoms with E-state index in [1.165, 1.54) is 17.7 Å². The number of thiophene rings is 1. The Hall–Kier alpha value is -2.18. The van der Waals surface area contributed by atoms with Crippen LogP contribution in [-0.4, -0.2) is 42.4 Å². The second-order valence-corrected chi connectivity index (χ2v) is 9.06. The summed E-state index contributed by atoms with van der Waals surface area (Å²) in [4.78, 5) is 29.3. The molecule has 0 spiro atoms. The number of carbonyl (C=O) groups is 2. The quantitative estimate of drug-likeness (QED) is 0.693. The molecule has 2 aromatic rings. The van der Waals surface area contributed by atoms with Gasteiger partial charge in [0.15, 0.2) is 0 Å². The van der Waals surface area contributed by atoms with E-state index in [0.29, 0.717) is 12.1 Å². The van der Waals surface area contributed by atoms with Gasteiger partial charge in [-0.2, -0.15) is 0 Å². The molecule has 0 saturated carbocycles. The molecule has 156 valence electrons. The van der Waals surface area contributed by atoms with Crippen LogP contribution in [0.5, 0.6) is 0 Å². The van der Waals surface area contributed by atoms with Crippen molar-refractivity contribution in [3.05, 3.63) is 57.8 Å². The zero-order chi connectivity index (χ0) is 20.8. The smallest absolute Gasteiger partial charge is 0.251 e. The Morgan fingerprint density at radius 1 is 1.10 bits per heavy atom. The van der Waals surface area contributed by atoms with E-state index in [1.807, 2.05) is 32.9 Å². The van der Waals surface area contributed by atoms with Crippen molar-refractivity contribution in [2.75, 3.05) is 19.6 Å². The van der Waals surface area contributed by atoms with Crippen molar-refractivity contribution >= 4 is 23.2 Å². The van der Waals surface area contributed by atoms with E-state index in [-0.39, 0.29) is 23.8 Å². The van der Waals surface area contributed by atoms with E-state index in [1.54, 1.807) is 23.5 Å². The largest absolute Gasteiger partial charge is 0.352 e. The molecular formula is C23H31N3O2S. The fraction of sp³-hybridized carbons (Fsp3) is 0.478. The van der Waals surface area contributed by atoms with Gasteiger partial charge in [-0.15, -0.1) is 11.3 Å². The summed E-state index contributed by atoms with van der Waals surface area (Å²) in [6.07, 6.45) is 2.41. The van der Waals surface area contributed by atoms with E-state index in [9.17, 15) is 9.59 Å². The third-order valence-electron chi connectivity index (χ3n) is 5.47. The highest BCUT2D eigenvalue weighted by atomic mass is 32.1. The fourth-order valence-electron chi connectivity index (χ4n) is 3.72. The maximum Gasteiger partial charge on any atom is 0.251 e. The standard InChI is InChI=1S/C23H31N3O2S/c1-16(2)21(25-22(27)18-10-8-17(3)9-11-18)23(28)24-15-19(20-7-6-14-29-20)26-12-4-5-13-26/h6-11,14,16,19,21H,4-5,12-13,15H2,1-3H3,(H,24,28)(H,25,27). The topological polar surface area (TPSA) is 61.4 Å². The van der Waals surface area contributed by atoms with Crippen LogP contribution in [0.4, 0.5) is 0 Å². The summed E-state index contributed by atoms with van der Waals surface area (Å²) >= 11 is 1.73. The average Bonchev–Trinajstić information content (AvgIpc) is 3.41. The van der Waals surface area contributed by atoms with Crippen molar-refractivity contribution in [1.82, 2.24) is 15.5 Å². The van der Waals surface area contributed by atoms with Crippen LogP contribution in [-0.2, 0) is 4.79 Å². The lowest BCUT2D eigenvalue weighted by atomic mass is 10.0. The van der Waals surface area contributed by atoms with E-state index >= 15 is 0 Å². The first-order valence-electron chi connectivity index (χ1n) is 10.4. The van der Waals surface area contributed by atoms with Crippen LogP contribution in [0.25, 0.3) is 0 Å². The number of amides is 2. The van der Waals surface area contributed by atoms with Crippen molar-refractivity contribution in [3.63, 3.8) is 0 Å². The molecule has 2 heterocycles. The van der Waals surface area contributed by atoms with Crippen LogP contribution in [0, 0.1) is 12.8 Å². The molecule has 2 unspecified atom stereocenters. The Balaban J connectivity index is 1.63. The number of hydrogen-bond acceptors (Lipinski definition) is 4. The van der Waals surface area contributed by atoms with E-state index in [4.69, 9.17) is 0 Å². The molecule has 2 atom stereocenters. The van der Waals surface area contributed by atoms with Gasteiger partial charge in [-0.25, -0.2) is 0 Å². The highest BCUT2D eigenvalue weighted by Gasteiger charge is 2.28. The minimum atomic E-state index is -0.564. The lowest BCUT2D eigenvalue weighted by molar-refractivity contribution is -0.124. The molecule has 0 radical (unpaired) electrons. The van der Waals surface area contributed by atoms with E-state index < -0.39 is 6.04 Å². The Morgan fingerprint density at radius 3 is 2.38 bits per heavy atom. The Labute approximate surface area is 177 Å². The van der Waals surface area contributed by atoms with E-state index in [2.05, 4.69) is 33.0 Å². The van der Waals surface area contributed by atoms with E-state index in [0.717, 1.165) is 18.7 Å². The molecule has 6 heteroatoms. The molecule has 1 aliphatic rings. The summed E-state index contributed by atoms with van der Waals surface area (Å²) in [5.74, 6) is -0.342. The monoisotopic (exact) mass is 413 g/mol. The number of nitrogens with zero attached hydrogens (tertiary/aromatic N) is 1. The molecular weight excluding hydrogens is 382 g/mol. The maximum absolute atomic E-state index is 13.0. The molecule has 3 rings (SSSR count). The molecule has 29 heavy (non-hydrogen) atoms. The summed E-state index contributed by atoms with van der Waals surface area (Å²) < 4.78 is 0. The molecule has 2 N–H and O–H groups in total. The van der Waals surface area contributed by atoms with Gasteiger partial charge in [-0.05, 0) is 62.4 Å². The van der Waals surface area contributed by atoms with Gasteiger partial charge in [0.05, 0.1) is 6.04 Å². The summed E-state index contributed by atoms with van der Waals surface area (Å²) in [6.45, 7) is 8.58. The first-order chi connectivity index (χ1) is 14.0. The van der Waals surface area contributed by atoms with Crippen LogP contribution in [0.15, 0.2) is 41.8 Å². The van der Waals surface area contributed by atoms with Crippen molar-refractivity contribution in [3.8, 4) is 0 Å². The predicted molar refractivity (Wildman–Crippen MR) is 118 cm³/mol. The second kappa shape index (κ2) is 10.0. The molecule has 1 aromatic heterocycles. The SMILES string of the molecule is Cc1ccc(C(=O)NC(C(=O)NCC(c2cccs2)N2CCCC2)C(C)C)cc1. The lowest BCUT2D eigenvalue weighted by Gasteiger charge is -2.28. The Kier molecular flexibility index (Phi) is 7.45. The zero-order valence-corrected chi connectivity index (χ0v) is 18.3. The fourth-order valence-corrected chi connectivity index (χ4v) is 4.58. The number of benzene rings is 1. The van der Waals surface area contributed by atoms with Gasteiger partial charge < -0.3 is 10.6 Å². The molecule has 1 fully saturated rings. The van der Waals surface area contributed by atoms with Crippen LogP contribution >= 0.6 is 11.3 Å². The number of carbonyl (C=O) groups excluding carboxylic acids is 2. The third kappa shape index (κ3) is 5.67. The van der Waals surface area contributed by atoms with Crippen LogP contribution in [0.2, 0.25) is 0 Å². The predicted octanol–water partition coefficient (Wildman–Crippen LogP) is 3.76. The van der Waals surface area contributed by atoms with Gasteiger partial charge in [0.1, 0.15) is 6.04 Å². The number of likely N-dealkylation sites (tertiary alicyclic amines) is 1. The molecule has 1 saturated heterocycles. The van der Waals surface area contributed by atoms with Crippen molar-refractivity contribution in [1.29, 1.82) is 0 Å². The van der Waals surface area contributed by atoms with Gasteiger partial charge in [0, 0.05) is 17.0 Å². The normalized spacial score (nSPS) is 16.6.